The Labute approximate surface area is 94.8 Å². The molecule has 1 fully saturated rings. The van der Waals surface area contributed by atoms with Crippen molar-refractivity contribution in [2.24, 2.45) is 5.73 Å². The highest BCUT2D eigenvalue weighted by Gasteiger charge is 2.24. The van der Waals surface area contributed by atoms with Crippen molar-refractivity contribution in [3.63, 3.8) is 0 Å². The van der Waals surface area contributed by atoms with E-state index in [1.807, 2.05) is 0 Å². The molecule has 1 rings (SSSR count). The first-order valence-electron chi connectivity index (χ1n) is 5.15. The molecule has 1 aliphatic rings. The van der Waals surface area contributed by atoms with Crippen LogP contribution in [0, 0.1) is 0 Å². The fraction of sp³-hybridized carbons (Fsp3) is 0.875. The lowest BCUT2D eigenvalue weighted by Crippen LogP contribution is -2.47. The minimum Gasteiger partial charge on any atom is -0.382 e. The Kier molecular flexibility index (Phi) is 4.66. The molecular weight excluding hydrogens is 234 g/mol. The second kappa shape index (κ2) is 5.58. The number of rotatable bonds is 5. The summed E-state index contributed by atoms with van der Waals surface area (Å²) in [7, 11) is -3.60. The zero-order valence-corrected chi connectivity index (χ0v) is 9.74. The molecule has 7 nitrogen and oxygen atoms in total. The van der Waals surface area contributed by atoms with Gasteiger partial charge in [-0.05, 0) is 12.8 Å². The molecule has 1 heterocycles. The molecule has 16 heavy (non-hydrogen) atoms. The lowest BCUT2D eigenvalue weighted by molar-refractivity contribution is -0.125. The summed E-state index contributed by atoms with van der Waals surface area (Å²) in [5, 5.41) is 9.07. The van der Waals surface area contributed by atoms with E-state index in [2.05, 4.69) is 4.72 Å². The molecule has 1 aliphatic heterocycles. The van der Waals surface area contributed by atoms with Crippen LogP contribution in [0.1, 0.15) is 19.3 Å². The second-order valence-corrected chi connectivity index (χ2v) is 5.49. The molecule has 0 spiro atoms. The van der Waals surface area contributed by atoms with E-state index in [4.69, 9.17) is 10.8 Å². The third kappa shape index (κ3) is 3.71. The lowest BCUT2D eigenvalue weighted by Gasteiger charge is -2.26. The van der Waals surface area contributed by atoms with Crippen LogP contribution in [0.3, 0.4) is 0 Å². The maximum Gasteiger partial charge on any atom is 0.279 e. The highest BCUT2D eigenvalue weighted by molar-refractivity contribution is 7.87. The smallest absolute Gasteiger partial charge is 0.279 e. The number of carbonyl (C=O) groups excluding carboxylic acids is 1. The standard InChI is InChI=1S/C8H17N3O4S/c9-8(13)7(12)6-10-16(14,15)11-4-2-1-3-5-11/h7,10,12H,1-6H2,(H2,9,13). The number of piperidine rings is 1. The fourth-order valence-electron chi connectivity index (χ4n) is 1.48. The summed E-state index contributed by atoms with van der Waals surface area (Å²) in [6.45, 7) is 0.568. The van der Waals surface area contributed by atoms with E-state index in [-0.39, 0.29) is 6.54 Å². The Hall–Kier alpha value is -0.700. The van der Waals surface area contributed by atoms with Crippen LogP contribution < -0.4 is 10.5 Å². The number of hydrogen-bond acceptors (Lipinski definition) is 4. The van der Waals surface area contributed by atoms with Gasteiger partial charge < -0.3 is 10.8 Å². The minimum atomic E-state index is -3.60. The maximum atomic E-state index is 11.7. The van der Waals surface area contributed by atoms with Crippen LogP contribution in [-0.4, -0.2) is 49.5 Å². The van der Waals surface area contributed by atoms with Crippen molar-refractivity contribution in [3.05, 3.63) is 0 Å². The number of primary amides is 1. The van der Waals surface area contributed by atoms with Crippen LogP contribution >= 0.6 is 0 Å². The molecule has 1 saturated heterocycles. The van der Waals surface area contributed by atoms with Gasteiger partial charge in [0.15, 0.2) is 0 Å². The van der Waals surface area contributed by atoms with Gasteiger partial charge in [0, 0.05) is 19.6 Å². The summed E-state index contributed by atoms with van der Waals surface area (Å²) in [6.07, 6.45) is 1.20. The van der Waals surface area contributed by atoms with Gasteiger partial charge in [-0.25, -0.2) is 0 Å². The van der Waals surface area contributed by atoms with E-state index in [1.165, 1.54) is 4.31 Å². The summed E-state index contributed by atoms with van der Waals surface area (Å²) >= 11 is 0. The van der Waals surface area contributed by atoms with Crippen LogP contribution in [0.25, 0.3) is 0 Å². The quantitative estimate of drug-likeness (QED) is 0.532. The number of aliphatic hydroxyl groups excluding tert-OH is 1. The summed E-state index contributed by atoms with van der Waals surface area (Å²) < 4.78 is 26.8. The van der Waals surface area contributed by atoms with Crippen LogP contribution in [-0.2, 0) is 15.0 Å². The van der Waals surface area contributed by atoms with Crippen LogP contribution in [0.5, 0.6) is 0 Å². The zero-order valence-electron chi connectivity index (χ0n) is 8.92. The molecule has 8 heteroatoms. The number of nitrogens with zero attached hydrogens (tertiary/aromatic N) is 1. The van der Waals surface area contributed by atoms with Crippen molar-refractivity contribution in [3.8, 4) is 0 Å². The monoisotopic (exact) mass is 251 g/mol. The maximum absolute atomic E-state index is 11.7. The topological polar surface area (TPSA) is 113 Å². The number of carbonyl (C=O) groups is 1. The van der Waals surface area contributed by atoms with E-state index in [0.29, 0.717) is 13.1 Å². The molecule has 1 atom stereocenters. The third-order valence-corrected chi connectivity index (χ3v) is 4.02. The minimum absolute atomic E-state index is 0.381. The normalized spacial score (nSPS) is 20.6. The highest BCUT2D eigenvalue weighted by Crippen LogP contribution is 2.11. The number of amides is 1. The van der Waals surface area contributed by atoms with Crippen LogP contribution in [0.4, 0.5) is 0 Å². The average molecular weight is 251 g/mol. The Morgan fingerprint density at radius 2 is 1.94 bits per heavy atom. The lowest BCUT2D eigenvalue weighted by atomic mass is 10.2. The molecule has 1 unspecified atom stereocenters. The highest BCUT2D eigenvalue weighted by atomic mass is 32.2. The van der Waals surface area contributed by atoms with Gasteiger partial charge in [0.25, 0.3) is 10.2 Å². The van der Waals surface area contributed by atoms with Crippen LogP contribution in [0.15, 0.2) is 0 Å². The Balaban J connectivity index is 2.47. The predicted molar refractivity (Wildman–Crippen MR) is 57.5 cm³/mol. The van der Waals surface area contributed by atoms with Crippen LogP contribution in [0.2, 0.25) is 0 Å². The summed E-state index contributed by atoms with van der Waals surface area (Å²) in [4.78, 5) is 10.5. The molecule has 0 aliphatic carbocycles. The van der Waals surface area contributed by atoms with Crippen molar-refractivity contribution in [1.82, 2.24) is 9.03 Å². The van der Waals surface area contributed by atoms with Gasteiger partial charge >= 0.3 is 0 Å². The molecular formula is C8H17N3O4S. The van der Waals surface area contributed by atoms with E-state index in [0.717, 1.165) is 19.3 Å². The second-order valence-electron chi connectivity index (χ2n) is 3.73. The fourth-order valence-corrected chi connectivity index (χ4v) is 2.77. The van der Waals surface area contributed by atoms with Gasteiger partial charge in [-0.1, -0.05) is 6.42 Å². The van der Waals surface area contributed by atoms with Crippen molar-refractivity contribution in [2.45, 2.75) is 25.4 Å². The summed E-state index contributed by atoms with van der Waals surface area (Å²) in [5.41, 5.74) is 4.81. The summed E-state index contributed by atoms with van der Waals surface area (Å²) in [5.74, 6) is -0.943. The first-order valence-corrected chi connectivity index (χ1v) is 6.59. The molecule has 0 aromatic rings. The largest absolute Gasteiger partial charge is 0.382 e. The molecule has 0 aromatic carbocycles. The number of aliphatic hydroxyl groups is 1. The number of nitrogens with two attached hydrogens (primary N) is 1. The van der Waals surface area contributed by atoms with E-state index in [9.17, 15) is 13.2 Å². The molecule has 4 N–H and O–H groups in total. The third-order valence-electron chi connectivity index (χ3n) is 2.44. The number of hydrogen-bond donors (Lipinski definition) is 3. The van der Waals surface area contributed by atoms with Crippen molar-refractivity contribution >= 4 is 16.1 Å². The summed E-state index contributed by atoms with van der Waals surface area (Å²) in [6, 6.07) is 0. The van der Waals surface area contributed by atoms with Gasteiger partial charge in [0.05, 0.1) is 0 Å². The van der Waals surface area contributed by atoms with Crippen molar-refractivity contribution in [2.75, 3.05) is 19.6 Å². The molecule has 0 radical (unpaired) electrons. The van der Waals surface area contributed by atoms with E-state index >= 15 is 0 Å². The van der Waals surface area contributed by atoms with E-state index in [1.54, 1.807) is 0 Å². The molecule has 1 amide bonds. The first kappa shape index (κ1) is 13.4. The molecule has 0 bridgehead atoms. The molecule has 0 saturated carbocycles. The molecule has 0 aromatic heterocycles. The Morgan fingerprint density at radius 3 is 2.44 bits per heavy atom. The SMILES string of the molecule is NC(=O)C(O)CNS(=O)(=O)N1CCCCC1. The Bertz CT molecular complexity index is 337. The van der Waals surface area contributed by atoms with Gasteiger partial charge in [0.1, 0.15) is 6.10 Å². The van der Waals surface area contributed by atoms with Crippen molar-refractivity contribution in [1.29, 1.82) is 0 Å². The van der Waals surface area contributed by atoms with E-state index < -0.39 is 22.2 Å². The zero-order chi connectivity index (χ0) is 12.2. The van der Waals surface area contributed by atoms with Gasteiger partial charge in [-0.15, -0.1) is 0 Å². The van der Waals surface area contributed by atoms with Crippen molar-refractivity contribution < 1.29 is 18.3 Å². The average Bonchev–Trinajstić information content (AvgIpc) is 2.27. The van der Waals surface area contributed by atoms with Gasteiger partial charge in [-0.3, -0.25) is 4.79 Å². The van der Waals surface area contributed by atoms with Gasteiger partial charge in [-0.2, -0.15) is 17.4 Å². The predicted octanol–water partition coefficient (Wildman–Crippen LogP) is -1.85. The Morgan fingerprint density at radius 1 is 1.38 bits per heavy atom. The number of nitrogens with one attached hydrogen (secondary N) is 1. The first-order chi connectivity index (χ1) is 7.43. The molecule has 94 valence electrons. The van der Waals surface area contributed by atoms with Gasteiger partial charge in [0.2, 0.25) is 5.91 Å².